The largest absolute Gasteiger partial charge is 0.492 e. The predicted molar refractivity (Wildman–Crippen MR) is 92.3 cm³/mol. The molecule has 2 atom stereocenters. The maximum absolute atomic E-state index is 11.2. The van der Waals surface area contributed by atoms with Crippen molar-refractivity contribution in [3.8, 4) is 11.5 Å². The van der Waals surface area contributed by atoms with Crippen LogP contribution in [0.1, 0.15) is 24.0 Å². The number of carbonyl (C=O) groups is 1. The summed E-state index contributed by atoms with van der Waals surface area (Å²) in [6, 6.07) is 10.7. The van der Waals surface area contributed by atoms with Gasteiger partial charge in [0.15, 0.2) is 0 Å². The molecule has 0 saturated carbocycles. The summed E-state index contributed by atoms with van der Waals surface area (Å²) in [7, 11) is 0. The zero-order chi connectivity index (χ0) is 17.3. The van der Waals surface area contributed by atoms with Gasteiger partial charge in [-0.2, -0.15) is 0 Å². The average Bonchev–Trinajstić information content (AvgIpc) is 2.96. The van der Waals surface area contributed by atoms with E-state index in [4.69, 9.17) is 32.7 Å². The van der Waals surface area contributed by atoms with E-state index in [1.165, 1.54) is 0 Å². The second-order valence-electron chi connectivity index (χ2n) is 5.77. The highest BCUT2D eigenvalue weighted by Crippen LogP contribution is 2.40. The zero-order valence-corrected chi connectivity index (χ0v) is 14.5. The SMILES string of the molecule is CC(C(=O)O)[C@@H]1COc2cc(OCc3ccc(Cl)cc3Cl)ccc21. The molecular formula is C18H16Cl2O4. The molecule has 0 fully saturated rings. The Kier molecular flexibility index (Phi) is 4.88. The molecule has 0 spiro atoms. The van der Waals surface area contributed by atoms with Crippen LogP contribution in [-0.4, -0.2) is 17.7 Å². The van der Waals surface area contributed by atoms with E-state index in [9.17, 15) is 9.90 Å². The molecule has 1 heterocycles. The molecule has 126 valence electrons. The number of rotatable bonds is 5. The van der Waals surface area contributed by atoms with Gasteiger partial charge in [0.25, 0.3) is 0 Å². The lowest BCUT2D eigenvalue weighted by atomic mass is 9.89. The van der Waals surface area contributed by atoms with Crippen molar-refractivity contribution in [2.75, 3.05) is 6.61 Å². The normalized spacial score (nSPS) is 17.0. The molecule has 1 N–H and O–H groups in total. The minimum Gasteiger partial charge on any atom is -0.492 e. The maximum Gasteiger partial charge on any atom is 0.306 e. The van der Waals surface area contributed by atoms with Crippen molar-refractivity contribution in [2.45, 2.75) is 19.4 Å². The Balaban J connectivity index is 1.72. The Morgan fingerprint density at radius 2 is 2.12 bits per heavy atom. The Morgan fingerprint density at radius 1 is 1.33 bits per heavy atom. The molecule has 2 aromatic carbocycles. The molecule has 1 aliphatic heterocycles. The number of fused-ring (bicyclic) bond motifs is 1. The summed E-state index contributed by atoms with van der Waals surface area (Å²) in [6.07, 6.45) is 0. The van der Waals surface area contributed by atoms with Gasteiger partial charge in [-0.05, 0) is 18.2 Å². The number of ether oxygens (including phenoxy) is 2. The number of hydrogen-bond acceptors (Lipinski definition) is 3. The van der Waals surface area contributed by atoms with Crippen LogP contribution in [0.3, 0.4) is 0 Å². The lowest BCUT2D eigenvalue weighted by molar-refractivity contribution is -0.142. The fraction of sp³-hybridized carbons (Fsp3) is 0.278. The van der Waals surface area contributed by atoms with E-state index < -0.39 is 11.9 Å². The fourth-order valence-electron chi connectivity index (χ4n) is 2.69. The molecule has 0 amide bonds. The van der Waals surface area contributed by atoms with Gasteiger partial charge in [-0.1, -0.05) is 42.3 Å². The van der Waals surface area contributed by atoms with Crippen molar-refractivity contribution < 1.29 is 19.4 Å². The fourth-order valence-corrected chi connectivity index (χ4v) is 3.15. The molecule has 6 heteroatoms. The Bertz CT molecular complexity index is 776. The van der Waals surface area contributed by atoms with Crippen LogP contribution in [0.4, 0.5) is 0 Å². The molecule has 1 unspecified atom stereocenters. The topological polar surface area (TPSA) is 55.8 Å². The van der Waals surface area contributed by atoms with Gasteiger partial charge in [-0.25, -0.2) is 0 Å². The summed E-state index contributed by atoms with van der Waals surface area (Å²) in [4.78, 5) is 11.2. The van der Waals surface area contributed by atoms with Crippen LogP contribution in [0.2, 0.25) is 10.0 Å². The molecular weight excluding hydrogens is 351 g/mol. The van der Waals surface area contributed by atoms with E-state index in [1.807, 2.05) is 18.2 Å². The third-order valence-corrected chi connectivity index (χ3v) is 4.79. The van der Waals surface area contributed by atoms with Gasteiger partial charge in [-0.15, -0.1) is 0 Å². The number of halogens is 2. The van der Waals surface area contributed by atoms with Gasteiger partial charge >= 0.3 is 5.97 Å². The van der Waals surface area contributed by atoms with E-state index in [1.54, 1.807) is 25.1 Å². The van der Waals surface area contributed by atoms with Gasteiger partial charge in [-0.3, -0.25) is 4.79 Å². The van der Waals surface area contributed by atoms with Gasteiger partial charge < -0.3 is 14.6 Å². The molecule has 0 aromatic heterocycles. The first-order valence-corrected chi connectivity index (χ1v) is 8.27. The first-order valence-electron chi connectivity index (χ1n) is 7.52. The Hall–Kier alpha value is -1.91. The van der Waals surface area contributed by atoms with Gasteiger partial charge in [0.05, 0.1) is 12.5 Å². The Morgan fingerprint density at radius 3 is 2.83 bits per heavy atom. The van der Waals surface area contributed by atoms with Crippen LogP contribution < -0.4 is 9.47 Å². The monoisotopic (exact) mass is 366 g/mol. The molecule has 3 rings (SSSR count). The lowest BCUT2D eigenvalue weighted by Crippen LogP contribution is -2.19. The van der Waals surface area contributed by atoms with Gasteiger partial charge in [0, 0.05) is 33.2 Å². The summed E-state index contributed by atoms with van der Waals surface area (Å²) in [5, 5.41) is 10.3. The number of carboxylic acid groups (broad SMARTS) is 1. The van der Waals surface area contributed by atoms with Crippen molar-refractivity contribution in [3.05, 3.63) is 57.6 Å². The number of hydrogen-bond donors (Lipinski definition) is 1. The molecule has 0 radical (unpaired) electrons. The number of benzene rings is 2. The maximum atomic E-state index is 11.2. The van der Waals surface area contributed by atoms with E-state index in [-0.39, 0.29) is 5.92 Å². The zero-order valence-electron chi connectivity index (χ0n) is 13.0. The summed E-state index contributed by atoms with van der Waals surface area (Å²) < 4.78 is 11.4. The molecule has 0 bridgehead atoms. The molecule has 24 heavy (non-hydrogen) atoms. The van der Waals surface area contributed by atoms with Crippen LogP contribution in [0.5, 0.6) is 11.5 Å². The highest BCUT2D eigenvalue weighted by molar-refractivity contribution is 6.35. The molecule has 0 aliphatic carbocycles. The third kappa shape index (κ3) is 3.45. The first-order chi connectivity index (χ1) is 11.5. The van der Waals surface area contributed by atoms with Crippen molar-refractivity contribution in [3.63, 3.8) is 0 Å². The number of aliphatic carboxylic acids is 1. The summed E-state index contributed by atoms with van der Waals surface area (Å²) >= 11 is 12.0. The highest BCUT2D eigenvalue weighted by atomic mass is 35.5. The Labute approximate surface area is 149 Å². The van der Waals surface area contributed by atoms with Crippen molar-refractivity contribution in [2.24, 2.45) is 5.92 Å². The van der Waals surface area contributed by atoms with E-state index in [0.717, 1.165) is 11.1 Å². The summed E-state index contributed by atoms with van der Waals surface area (Å²) in [5.41, 5.74) is 1.74. The average molecular weight is 367 g/mol. The second kappa shape index (κ2) is 6.91. The van der Waals surface area contributed by atoms with Crippen molar-refractivity contribution >= 4 is 29.2 Å². The minimum atomic E-state index is -0.825. The van der Waals surface area contributed by atoms with Crippen molar-refractivity contribution in [1.82, 2.24) is 0 Å². The molecule has 0 saturated heterocycles. The second-order valence-corrected chi connectivity index (χ2v) is 6.61. The van der Waals surface area contributed by atoms with E-state index in [2.05, 4.69) is 0 Å². The molecule has 1 aliphatic rings. The minimum absolute atomic E-state index is 0.141. The molecule has 2 aromatic rings. The van der Waals surface area contributed by atoms with E-state index >= 15 is 0 Å². The highest BCUT2D eigenvalue weighted by Gasteiger charge is 2.33. The van der Waals surface area contributed by atoms with Crippen LogP contribution in [-0.2, 0) is 11.4 Å². The van der Waals surface area contributed by atoms with Gasteiger partial charge in [0.2, 0.25) is 0 Å². The van der Waals surface area contributed by atoms with E-state index in [0.29, 0.717) is 34.8 Å². The quantitative estimate of drug-likeness (QED) is 0.827. The van der Waals surface area contributed by atoms with Crippen LogP contribution in [0.25, 0.3) is 0 Å². The summed E-state index contributed by atoms with van der Waals surface area (Å²) in [5.74, 6) is -0.145. The van der Waals surface area contributed by atoms with Crippen LogP contribution in [0, 0.1) is 5.92 Å². The smallest absolute Gasteiger partial charge is 0.306 e. The lowest BCUT2D eigenvalue weighted by Gasteiger charge is -2.13. The standard InChI is InChI=1S/C18H16Cl2O4/c1-10(18(21)22)15-9-24-17-7-13(4-5-14(15)17)23-8-11-2-3-12(19)6-16(11)20/h2-7,10,15H,8-9H2,1H3,(H,21,22)/t10?,15-/m0/s1. The number of carboxylic acids is 1. The molecule has 4 nitrogen and oxygen atoms in total. The van der Waals surface area contributed by atoms with Gasteiger partial charge in [0.1, 0.15) is 18.1 Å². The van der Waals surface area contributed by atoms with Crippen LogP contribution >= 0.6 is 23.2 Å². The first kappa shape index (κ1) is 16.9. The third-order valence-electron chi connectivity index (χ3n) is 4.21. The predicted octanol–water partition coefficient (Wildman–Crippen LogP) is 4.77. The van der Waals surface area contributed by atoms with Crippen LogP contribution in [0.15, 0.2) is 36.4 Å². The van der Waals surface area contributed by atoms with Crippen molar-refractivity contribution in [1.29, 1.82) is 0 Å². The summed E-state index contributed by atoms with van der Waals surface area (Å²) in [6.45, 7) is 2.37.